The van der Waals surface area contributed by atoms with Crippen LogP contribution in [0.4, 0.5) is 11.4 Å². The summed E-state index contributed by atoms with van der Waals surface area (Å²) in [5.74, 6) is 0.454. The molecule has 0 unspecified atom stereocenters. The molecule has 0 aliphatic heterocycles. The number of benzene rings is 3. The van der Waals surface area contributed by atoms with Gasteiger partial charge >= 0.3 is 0 Å². The van der Waals surface area contributed by atoms with Crippen molar-refractivity contribution in [2.24, 2.45) is 0 Å². The Bertz CT molecular complexity index is 948. The molecule has 5 nitrogen and oxygen atoms in total. The molecule has 0 spiro atoms. The van der Waals surface area contributed by atoms with Crippen molar-refractivity contribution >= 4 is 23.2 Å². The molecule has 0 aliphatic carbocycles. The zero-order valence-electron chi connectivity index (χ0n) is 15.2. The minimum Gasteiger partial charge on any atom is -0.497 e. The fourth-order valence-electron chi connectivity index (χ4n) is 2.67. The Balaban J connectivity index is 1.74. The minimum atomic E-state index is -0.197. The molecule has 27 heavy (non-hydrogen) atoms. The lowest BCUT2D eigenvalue weighted by Crippen LogP contribution is -2.12. The first-order valence-corrected chi connectivity index (χ1v) is 8.48. The normalized spacial score (nSPS) is 10.1. The summed E-state index contributed by atoms with van der Waals surface area (Å²) in [7, 11) is 1.63. The van der Waals surface area contributed by atoms with Crippen molar-refractivity contribution in [3.8, 4) is 16.9 Å². The summed E-state index contributed by atoms with van der Waals surface area (Å²) in [4.78, 5) is 23.6. The Morgan fingerprint density at radius 2 is 1.41 bits per heavy atom. The van der Waals surface area contributed by atoms with Crippen LogP contribution in [0.2, 0.25) is 0 Å². The zero-order chi connectivity index (χ0) is 19.2. The van der Waals surface area contributed by atoms with E-state index < -0.39 is 0 Å². The Morgan fingerprint density at radius 3 is 2.00 bits per heavy atom. The van der Waals surface area contributed by atoms with Crippen LogP contribution in [-0.4, -0.2) is 18.9 Å². The molecule has 0 saturated heterocycles. The van der Waals surface area contributed by atoms with E-state index in [-0.39, 0.29) is 11.8 Å². The highest BCUT2D eigenvalue weighted by Gasteiger charge is 2.08. The van der Waals surface area contributed by atoms with E-state index in [2.05, 4.69) is 10.6 Å². The number of methoxy groups -OCH3 is 1. The molecule has 0 aromatic heterocycles. The van der Waals surface area contributed by atoms with E-state index in [1.807, 2.05) is 42.5 Å². The van der Waals surface area contributed by atoms with Crippen molar-refractivity contribution in [2.75, 3.05) is 17.7 Å². The van der Waals surface area contributed by atoms with Gasteiger partial charge in [0.1, 0.15) is 5.75 Å². The number of hydrogen-bond acceptors (Lipinski definition) is 3. The summed E-state index contributed by atoms with van der Waals surface area (Å²) in [5.41, 5.74) is 3.86. The maximum atomic E-state index is 12.6. The number of amides is 2. The number of ether oxygens (including phenoxy) is 1. The molecule has 2 amide bonds. The summed E-state index contributed by atoms with van der Waals surface area (Å²) >= 11 is 0. The molecule has 0 bridgehead atoms. The predicted octanol–water partition coefficient (Wildman–Crippen LogP) is 4.57. The summed E-state index contributed by atoms with van der Waals surface area (Å²) in [6.45, 7) is 1.45. The molecule has 0 aliphatic rings. The molecular formula is C22H20N2O3. The van der Waals surface area contributed by atoms with E-state index in [1.165, 1.54) is 6.92 Å². The molecule has 3 aromatic rings. The molecule has 5 heteroatoms. The average molecular weight is 360 g/mol. The van der Waals surface area contributed by atoms with Gasteiger partial charge in [-0.1, -0.05) is 24.3 Å². The molecule has 0 fully saturated rings. The van der Waals surface area contributed by atoms with Crippen molar-refractivity contribution in [1.29, 1.82) is 0 Å². The van der Waals surface area contributed by atoms with Crippen molar-refractivity contribution in [2.45, 2.75) is 6.92 Å². The number of carbonyl (C=O) groups is 2. The second-order valence-corrected chi connectivity index (χ2v) is 6.02. The van der Waals surface area contributed by atoms with E-state index in [0.717, 1.165) is 16.9 Å². The first kappa shape index (κ1) is 18.2. The van der Waals surface area contributed by atoms with Gasteiger partial charge in [0.15, 0.2) is 0 Å². The van der Waals surface area contributed by atoms with Crippen LogP contribution in [-0.2, 0) is 4.79 Å². The highest BCUT2D eigenvalue weighted by Crippen LogP contribution is 2.24. The SMILES string of the molecule is COc1ccc(-c2cccc(C(=O)Nc3ccc(NC(C)=O)cc3)c2)cc1. The standard InChI is InChI=1S/C22H20N2O3/c1-15(25)23-19-8-10-20(11-9-19)24-22(26)18-5-3-4-17(14-18)16-6-12-21(27-2)13-7-16/h3-14H,1-2H3,(H,23,25)(H,24,26). The van der Waals surface area contributed by atoms with Crippen LogP contribution in [0.25, 0.3) is 11.1 Å². The number of hydrogen-bond donors (Lipinski definition) is 2. The number of carbonyl (C=O) groups excluding carboxylic acids is 2. The van der Waals surface area contributed by atoms with E-state index in [4.69, 9.17) is 4.74 Å². The third-order valence-corrected chi connectivity index (χ3v) is 4.01. The highest BCUT2D eigenvalue weighted by atomic mass is 16.5. The van der Waals surface area contributed by atoms with Gasteiger partial charge in [-0.3, -0.25) is 9.59 Å². The summed E-state index contributed by atoms with van der Waals surface area (Å²) in [6, 6.07) is 22.1. The van der Waals surface area contributed by atoms with Crippen LogP contribution in [0.3, 0.4) is 0 Å². The molecule has 0 radical (unpaired) electrons. The number of rotatable bonds is 5. The van der Waals surface area contributed by atoms with Crippen LogP contribution >= 0.6 is 0 Å². The van der Waals surface area contributed by atoms with Gasteiger partial charge in [0.25, 0.3) is 5.91 Å². The van der Waals surface area contributed by atoms with E-state index in [1.54, 1.807) is 37.4 Å². The largest absolute Gasteiger partial charge is 0.497 e. The van der Waals surface area contributed by atoms with E-state index >= 15 is 0 Å². The molecule has 3 rings (SSSR count). The smallest absolute Gasteiger partial charge is 0.255 e. The quantitative estimate of drug-likeness (QED) is 0.700. The van der Waals surface area contributed by atoms with Gasteiger partial charge in [0.2, 0.25) is 5.91 Å². The molecule has 0 heterocycles. The van der Waals surface area contributed by atoms with Gasteiger partial charge in [0.05, 0.1) is 7.11 Å². The second kappa shape index (κ2) is 8.19. The van der Waals surface area contributed by atoms with E-state index in [9.17, 15) is 9.59 Å². The van der Waals surface area contributed by atoms with Crippen LogP contribution in [0, 0.1) is 0 Å². The molecule has 2 N–H and O–H groups in total. The van der Waals surface area contributed by atoms with Gasteiger partial charge in [-0.05, 0) is 59.7 Å². The number of anilines is 2. The lowest BCUT2D eigenvalue weighted by Gasteiger charge is -2.09. The second-order valence-electron chi connectivity index (χ2n) is 6.02. The lowest BCUT2D eigenvalue weighted by atomic mass is 10.0. The first-order chi connectivity index (χ1) is 13.0. The minimum absolute atomic E-state index is 0.137. The predicted molar refractivity (Wildman–Crippen MR) is 107 cm³/mol. The highest BCUT2D eigenvalue weighted by molar-refractivity contribution is 6.05. The third-order valence-electron chi connectivity index (χ3n) is 4.01. The first-order valence-electron chi connectivity index (χ1n) is 8.48. The molecule has 0 atom stereocenters. The maximum Gasteiger partial charge on any atom is 0.255 e. The Hall–Kier alpha value is -3.60. The van der Waals surface area contributed by atoms with Crippen LogP contribution in [0.15, 0.2) is 72.8 Å². The molecule has 3 aromatic carbocycles. The summed E-state index contributed by atoms with van der Waals surface area (Å²) < 4.78 is 5.18. The fraction of sp³-hybridized carbons (Fsp3) is 0.0909. The van der Waals surface area contributed by atoms with Crippen LogP contribution in [0.1, 0.15) is 17.3 Å². The molecule has 0 saturated carbocycles. The fourth-order valence-corrected chi connectivity index (χ4v) is 2.67. The Kier molecular flexibility index (Phi) is 5.52. The van der Waals surface area contributed by atoms with Crippen LogP contribution in [0.5, 0.6) is 5.75 Å². The third kappa shape index (κ3) is 4.73. The van der Waals surface area contributed by atoms with Crippen molar-refractivity contribution in [3.63, 3.8) is 0 Å². The van der Waals surface area contributed by atoms with Crippen molar-refractivity contribution < 1.29 is 14.3 Å². The van der Waals surface area contributed by atoms with Gasteiger partial charge in [-0.25, -0.2) is 0 Å². The molecular weight excluding hydrogens is 340 g/mol. The average Bonchev–Trinajstić information content (AvgIpc) is 2.69. The Labute approximate surface area is 158 Å². The van der Waals surface area contributed by atoms with Crippen LogP contribution < -0.4 is 15.4 Å². The van der Waals surface area contributed by atoms with Gasteiger partial charge in [-0.15, -0.1) is 0 Å². The monoisotopic (exact) mass is 360 g/mol. The molecule has 136 valence electrons. The van der Waals surface area contributed by atoms with Gasteiger partial charge in [-0.2, -0.15) is 0 Å². The zero-order valence-corrected chi connectivity index (χ0v) is 15.2. The van der Waals surface area contributed by atoms with Crippen molar-refractivity contribution in [3.05, 3.63) is 78.4 Å². The van der Waals surface area contributed by atoms with Gasteiger partial charge in [0, 0.05) is 23.9 Å². The summed E-state index contributed by atoms with van der Waals surface area (Å²) in [5, 5.41) is 5.55. The number of nitrogens with one attached hydrogen (secondary N) is 2. The topological polar surface area (TPSA) is 67.4 Å². The van der Waals surface area contributed by atoms with Gasteiger partial charge < -0.3 is 15.4 Å². The maximum absolute atomic E-state index is 12.6. The summed E-state index contributed by atoms with van der Waals surface area (Å²) in [6.07, 6.45) is 0. The Morgan fingerprint density at radius 1 is 0.778 bits per heavy atom. The van der Waals surface area contributed by atoms with Crippen molar-refractivity contribution in [1.82, 2.24) is 0 Å². The lowest BCUT2D eigenvalue weighted by molar-refractivity contribution is -0.114. The van der Waals surface area contributed by atoms with E-state index in [0.29, 0.717) is 16.9 Å².